The highest BCUT2D eigenvalue weighted by Crippen LogP contribution is 2.23. The highest BCUT2D eigenvalue weighted by Gasteiger charge is 2.24. The lowest BCUT2D eigenvalue weighted by atomic mass is 9.93. The van der Waals surface area contributed by atoms with Crippen LogP contribution in [0.2, 0.25) is 0 Å². The fraction of sp³-hybridized carbons (Fsp3) is 0.409. The smallest absolute Gasteiger partial charge is 0.407 e. The van der Waals surface area contributed by atoms with Crippen molar-refractivity contribution in [3.63, 3.8) is 0 Å². The molecule has 2 amide bonds. The second-order valence-electron chi connectivity index (χ2n) is 7.25. The Hall–Kier alpha value is -3.09. The number of nitrogens with one attached hydrogen (secondary N) is 2. The van der Waals surface area contributed by atoms with Crippen molar-refractivity contribution in [3.8, 4) is 5.88 Å². The molecule has 1 fully saturated rings. The van der Waals surface area contributed by atoms with Crippen molar-refractivity contribution in [3.05, 3.63) is 59.8 Å². The van der Waals surface area contributed by atoms with Gasteiger partial charge in [0, 0.05) is 18.3 Å². The quantitative estimate of drug-likeness (QED) is 0.749. The maximum absolute atomic E-state index is 12.1. The zero-order valence-electron chi connectivity index (χ0n) is 16.6. The number of benzene rings is 1. The van der Waals surface area contributed by atoms with Crippen LogP contribution in [-0.2, 0) is 16.1 Å². The van der Waals surface area contributed by atoms with E-state index >= 15 is 0 Å². The maximum atomic E-state index is 12.1. The van der Waals surface area contributed by atoms with Gasteiger partial charge < -0.3 is 20.1 Å². The zero-order chi connectivity index (χ0) is 20.5. The van der Waals surface area contributed by atoms with Crippen molar-refractivity contribution in [2.24, 2.45) is 0 Å². The van der Waals surface area contributed by atoms with Gasteiger partial charge in [-0.05, 0) is 43.7 Å². The van der Waals surface area contributed by atoms with Crippen molar-refractivity contribution in [2.75, 3.05) is 6.54 Å². The number of hydrogen-bond acceptors (Lipinski definition) is 5. The van der Waals surface area contributed by atoms with Gasteiger partial charge in [-0.15, -0.1) is 0 Å². The van der Waals surface area contributed by atoms with Crippen LogP contribution < -0.4 is 15.4 Å². The van der Waals surface area contributed by atoms with Crippen LogP contribution in [0.3, 0.4) is 0 Å². The van der Waals surface area contributed by atoms with Gasteiger partial charge >= 0.3 is 6.09 Å². The molecule has 2 aromatic rings. The summed E-state index contributed by atoms with van der Waals surface area (Å²) in [6.07, 6.45) is 4.68. The first-order chi connectivity index (χ1) is 14.1. The summed E-state index contributed by atoms with van der Waals surface area (Å²) >= 11 is 0. The molecule has 0 saturated heterocycles. The Kier molecular flexibility index (Phi) is 7.44. The molecular formula is C22H27N3O4. The third-order valence-corrected chi connectivity index (χ3v) is 4.82. The van der Waals surface area contributed by atoms with Gasteiger partial charge in [0.05, 0.1) is 0 Å². The number of hydrogen-bond donors (Lipinski definition) is 2. The second kappa shape index (κ2) is 10.5. The Bertz CT molecular complexity index is 787. The van der Waals surface area contributed by atoms with E-state index in [0.717, 1.165) is 36.8 Å². The van der Waals surface area contributed by atoms with Crippen LogP contribution in [0.5, 0.6) is 5.88 Å². The molecule has 0 aliphatic heterocycles. The van der Waals surface area contributed by atoms with E-state index < -0.39 is 6.09 Å². The lowest BCUT2D eigenvalue weighted by Crippen LogP contribution is -2.44. The summed E-state index contributed by atoms with van der Waals surface area (Å²) < 4.78 is 11.0. The molecule has 1 aliphatic rings. The Morgan fingerprint density at radius 3 is 2.52 bits per heavy atom. The van der Waals surface area contributed by atoms with Crippen LogP contribution in [-0.4, -0.2) is 35.7 Å². The Morgan fingerprint density at radius 1 is 1.07 bits per heavy atom. The van der Waals surface area contributed by atoms with Crippen LogP contribution in [0.25, 0.3) is 0 Å². The van der Waals surface area contributed by atoms with Gasteiger partial charge in [0.2, 0.25) is 11.8 Å². The first-order valence-electron chi connectivity index (χ1n) is 9.92. The summed E-state index contributed by atoms with van der Waals surface area (Å²) in [5, 5.41) is 5.44. The third kappa shape index (κ3) is 7.10. The van der Waals surface area contributed by atoms with E-state index in [1.165, 1.54) is 0 Å². The molecule has 1 saturated carbocycles. The topological polar surface area (TPSA) is 89.6 Å². The highest BCUT2D eigenvalue weighted by molar-refractivity contribution is 5.82. The average molecular weight is 397 g/mol. The molecule has 0 spiro atoms. The van der Waals surface area contributed by atoms with Gasteiger partial charge in [-0.2, -0.15) is 0 Å². The minimum absolute atomic E-state index is 0.0930. The monoisotopic (exact) mass is 397 g/mol. The number of rotatable bonds is 7. The van der Waals surface area contributed by atoms with E-state index in [2.05, 4.69) is 15.6 Å². The molecule has 1 heterocycles. The van der Waals surface area contributed by atoms with Crippen LogP contribution in [0.15, 0.2) is 48.7 Å². The van der Waals surface area contributed by atoms with Crippen LogP contribution in [0.4, 0.5) is 4.79 Å². The molecule has 7 heteroatoms. The summed E-state index contributed by atoms with van der Waals surface area (Å²) in [6.45, 7) is 2.06. The first-order valence-corrected chi connectivity index (χ1v) is 9.92. The standard InChI is InChI=1S/C22H27N3O4/c1-16-7-12-21(23-13-16)29-19-10-8-18(9-11-19)25-20(26)14-24-22(27)28-15-17-5-3-2-4-6-17/h2-7,12-13,18-19H,8-11,14-15H2,1H3,(H,24,27)(H,25,26). The predicted octanol–water partition coefficient (Wildman–Crippen LogP) is 3.12. The Morgan fingerprint density at radius 2 is 1.83 bits per heavy atom. The van der Waals surface area contributed by atoms with Gasteiger partial charge in [-0.25, -0.2) is 9.78 Å². The number of pyridine rings is 1. The second-order valence-corrected chi connectivity index (χ2v) is 7.25. The fourth-order valence-corrected chi connectivity index (χ4v) is 3.23. The summed E-state index contributed by atoms with van der Waals surface area (Å²) in [5.41, 5.74) is 1.99. The highest BCUT2D eigenvalue weighted by atomic mass is 16.5. The predicted molar refractivity (Wildman–Crippen MR) is 108 cm³/mol. The number of ether oxygens (including phenoxy) is 2. The molecular weight excluding hydrogens is 370 g/mol. The first kappa shape index (κ1) is 20.6. The van der Waals surface area contributed by atoms with Gasteiger partial charge in [-0.3, -0.25) is 4.79 Å². The number of alkyl carbamates (subject to hydrolysis) is 1. The molecule has 3 rings (SSSR count). The van der Waals surface area contributed by atoms with Crippen molar-refractivity contribution in [1.29, 1.82) is 0 Å². The molecule has 2 N–H and O–H groups in total. The largest absolute Gasteiger partial charge is 0.474 e. The van der Waals surface area contributed by atoms with Crippen molar-refractivity contribution in [1.82, 2.24) is 15.6 Å². The minimum Gasteiger partial charge on any atom is -0.474 e. The molecule has 7 nitrogen and oxygen atoms in total. The SMILES string of the molecule is Cc1ccc(OC2CCC(NC(=O)CNC(=O)OCc3ccccc3)CC2)nc1. The molecule has 0 bridgehead atoms. The molecule has 0 unspecified atom stereocenters. The number of nitrogens with zero attached hydrogens (tertiary/aromatic N) is 1. The molecule has 154 valence electrons. The molecule has 1 aliphatic carbocycles. The Labute approximate surface area is 170 Å². The summed E-state index contributed by atoms with van der Waals surface area (Å²) in [4.78, 5) is 28.1. The van der Waals surface area contributed by atoms with Crippen molar-refractivity contribution in [2.45, 2.75) is 51.4 Å². The van der Waals surface area contributed by atoms with E-state index in [1.54, 1.807) is 6.20 Å². The summed E-state index contributed by atoms with van der Waals surface area (Å²) in [5.74, 6) is 0.424. The molecule has 29 heavy (non-hydrogen) atoms. The van der Waals surface area contributed by atoms with E-state index in [9.17, 15) is 9.59 Å². The fourth-order valence-electron chi connectivity index (χ4n) is 3.23. The third-order valence-electron chi connectivity index (χ3n) is 4.82. The van der Waals surface area contributed by atoms with Crippen LogP contribution in [0.1, 0.15) is 36.8 Å². The van der Waals surface area contributed by atoms with Gasteiger partial charge in [-0.1, -0.05) is 36.4 Å². The van der Waals surface area contributed by atoms with E-state index in [-0.39, 0.29) is 31.2 Å². The van der Waals surface area contributed by atoms with E-state index in [1.807, 2.05) is 49.4 Å². The number of aromatic nitrogens is 1. The number of carbonyl (C=O) groups is 2. The summed E-state index contributed by atoms with van der Waals surface area (Å²) in [6, 6.07) is 13.3. The van der Waals surface area contributed by atoms with Crippen molar-refractivity contribution < 1.29 is 19.1 Å². The van der Waals surface area contributed by atoms with Crippen molar-refractivity contribution >= 4 is 12.0 Å². The number of carbonyl (C=O) groups excluding carboxylic acids is 2. The molecule has 1 aromatic heterocycles. The zero-order valence-corrected chi connectivity index (χ0v) is 16.6. The normalized spacial score (nSPS) is 18.5. The maximum Gasteiger partial charge on any atom is 0.407 e. The lowest BCUT2D eigenvalue weighted by molar-refractivity contribution is -0.121. The van der Waals surface area contributed by atoms with E-state index in [0.29, 0.717) is 5.88 Å². The summed E-state index contributed by atoms with van der Waals surface area (Å²) in [7, 11) is 0. The van der Waals surface area contributed by atoms with Gasteiger partial charge in [0.15, 0.2) is 0 Å². The number of aryl methyl sites for hydroxylation is 1. The van der Waals surface area contributed by atoms with Gasteiger partial charge in [0.1, 0.15) is 19.3 Å². The number of amides is 2. The van der Waals surface area contributed by atoms with E-state index in [4.69, 9.17) is 9.47 Å². The average Bonchev–Trinajstić information content (AvgIpc) is 2.74. The van der Waals surface area contributed by atoms with Crippen LogP contribution in [0, 0.1) is 6.92 Å². The molecule has 1 aromatic carbocycles. The molecule has 0 radical (unpaired) electrons. The minimum atomic E-state index is -0.605. The van der Waals surface area contributed by atoms with Crippen LogP contribution >= 0.6 is 0 Å². The molecule has 0 atom stereocenters. The lowest BCUT2D eigenvalue weighted by Gasteiger charge is -2.29. The van der Waals surface area contributed by atoms with Gasteiger partial charge in [0.25, 0.3) is 0 Å². The Balaban J connectivity index is 1.30.